The van der Waals surface area contributed by atoms with Crippen LogP contribution in [0.4, 0.5) is 0 Å². The van der Waals surface area contributed by atoms with Crippen molar-refractivity contribution in [3.05, 3.63) is 12.2 Å². The van der Waals surface area contributed by atoms with Gasteiger partial charge in [0.2, 0.25) is 0 Å². The van der Waals surface area contributed by atoms with Crippen molar-refractivity contribution in [2.24, 2.45) is 0 Å². The van der Waals surface area contributed by atoms with E-state index < -0.39 is 0 Å². The topological polar surface area (TPSA) is 21.3 Å². The second-order valence-electron chi connectivity index (χ2n) is 3.52. The summed E-state index contributed by atoms with van der Waals surface area (Å²) < 4.78 is 5.72. The van der Waals surface area contributed by atoms with Gasteiger partial charge < -0.3 is 10.1 Å². The average molecular weight is 199 g/mol. The molecule has 2 heteroatoms. The number of nitrogens with one attached hydrogen (secondary N) is 1. The summed E-state index contributed by atoms with van der Waals surface area (Å²) in [5, 5.41) is 3.40. The summed E-state index contributed by atoms with van der Waals surface area (Å²) >= 11 is 0. The fourth-order valence-corrected chi connectivity index (χ4v) is 1.29. The van der Waals surface area contributed by atoms with E-state index >= 15 is 0 Å². The maximum absolute atomic E-state index is 5.72. The predicted molar refractivity (Wildman–Crippen MR) is 62.6 cm³/mol. The van der Waals surface area contributed by atoms with Crippen molar-refractivity contribution in [2.45, 2.75) is 46.1 Å². The van der Waals surface area contributed by atoms with E-state index in [2.05, 4.69) is 25.2 Å². The van der Waals surface area contributed by atoms with Crippen LogP contribution in [0.3, 0.4) is 0 Å². The molecule has 0 aromatic heterocycles. The Morgan fingerprint density at radius 2 is 2.07 bits per heavy atom. The van der Waals surface area contributed by atoms with E-state index in [1.807, 2.05) is 13.0 Å². The molecule has 0 fully saturated rings. The van der Waals surface area contributed by atoms with Crippen LogP contribution in [-0.2, 0) is 4.74 Å². The first-order valence-corrected chi connectivity index (χ1v) is 5.78. The lowest BCUT2D eigenvalue weighted by Gasteiger charge is -2.16. The zero-order valence-electron chi connectivity index (χ0n) is 9.88. The summed E-state index contributed by atoms with van der Waals surface area (Å²) in [6.07, 6.45) is 7.99. The Bertz CT molecular complexity index is 134. The molecule has 0 aliphatic heterocycles. The second kappa shape index (κ2) is 10.7. The minimum atomic E-state index is 0.378. The molecule has 0 spiro atoms. The number of ether oxygens (including phenoxy) is 1. The van der Waals surface area contributed by atoms with E-state index in [4.69, 9.17) is 4.74 Å². The average Bonchev–Trinajstić information content (AvgIpc) is 2.18. The van der Waals surface area contributed by atoms with Gasteiger partial charge in [-0.15, -0.1) is 0 Å². The van der Waals surface area contributed by atoms with Gasteiger partial charge in [-0.1, -0.05) is 32.4 Å². The molecule has 0 heterocycles. The minimum absolute atomic E-state index is 0.378. The van der Waals surface area contributed by atoms with E-state index in [0.29, 0.717) is 6.10 Å². The highest BCUT2D eigenvalue weighted by Gasteiger charge is 2.05. The Labute approximate surface area is 88.7 Å². The minimum Gasteiger partial charge on any atom is -0.373 e. The molecule has 0 aliphatic carbocycles. The molecule has 0 aromatic rings. The maximum atomic E-state index is 5.72. The molecule has 0 saturated heterocycles. The SMILES string of the molecule is C/C=C/COC(CCC)CNCCC. The molecule has 0 saturated carbocycles. The van der Waals surface area contributed by atoms with Crippen molar-refractivity contribution in [3.8, 4) is 0 Å². The summed E-state index contributed by atoms with van der Waals surface area (Å²) in [7, 11) is 0. The maximum Gasteiger partial charge on any atom is 0.0703 e. The van der Waals surface area contributed by atoms with E-state index in [1.54, 1.807) is 0 Å². The van der Waals surface area contributed by atoms with Crippen molar-refractivity contribution >= 4 is 0 Å². The zero-order valence-corrected chi connectivity index (χ0v) is 9.88. The van der Waals surface area contributed by atoms with Crippen LogP contribution in [0, 0.1) is 0 Å². The Hall–Kier alpha value is -0.340. The summed E-state index contributed by atoms with van der Waals surface area (Å²) in [6.45, 7) is 9.23. The van der Waals surface area contributed by atoms with Gasteiger partial charge in [0.15, 0.2) is 0 Å². The molecule has 84 valence electrons. The molecule has 0 rings (SSSR count). The lowest BCUT2D eigenvalue weighted by atomic mass is 10.2. The van der Waals surface area contributed by atoms with Crippen molar-refractivity contribution in [1.29, 1.82) is 0 Å². The third-order valence-corrected chi connectivity index (χ3v) is 2.07. The highest BCUT2D eigenvalue weighted by Crippen LogP contribution is 2.01. The first kappa shape index (κ1) is 13.7. The van der Waals surface area contributed by atoms with Crippen molar-refractivity contribution in [1.82, 2.24) is 5.32 Å². The number of allylic oxidation sites excluding steroid dienone is 1. The quantitative estimate of drug-likeness (QED) is 0.455. The monoisotopic (exact) mass is 199 g/mol. The molecule has 0 bridgehead atoms. The van der Waals surface area contributed by atoms with E-state index in [1.165, 1.54) is 12.8 Å². The standard InChI is InChI=1S/C12H25NO/c1-4-7-10-14-12(8-5-2)11-13-9-6-3/h4,7,12-13H,5-6,8-11H2,1-3H3/b7-4+. The predicted octanol–water partition coefficient (Wildman–Crippen LogP) is 2.75. The van der Waals surface area contributed by atoms with Gasteiger partial charge >= 0.3 is 0 Å². The number of hydrogen-bond acceptors (Lipinski definition) is 2. The first-order chi connectivity index (χ1) is 6.85. The fourth-order valence-electron chi connectivity index (χ4n) is 1.29. The smallest absolute Gasteiger partial charge is 0.0703 e. The molecule has 0 aliphatic rings. The van der Waals surface area contributed by atoms with Gasteiger partial charge in [-0.05, 0) is 26.3 Å². The highest BCUT2D eigenvalue weighted by molar-refractivity contribution is 4.77. The van der Waals surface area contributed by atoms with Crippen molar-refractivity contribution in [2.75, 3.05) is 19.7 Å². The van der Waals surface area contributed by atoms with Gasteiger partial charge in [-0.25, -0.2) is 0 Å². The Morgan fingerprint density at radius 1 is 1.29 bits per heavy atom. The van der Waals surface area contributed by atoms with Crippen LogP contribution in [-0.4, -0.2) is 25.8 Å². The van der Waals surface area contributed by atoms with Gasteiger partial charge in [-0.3, -0.25) is 0 Å². The number of rotatable bonds is 9. The summed E-state index contributed by atoms with van der Waals surface area (Å²) in [4.78, 5) is 0. The van der Waals surface area contributed by atoms with E-state index in [9.17, 15) is 0 Å². The molecular formula is C12H25NO. The number of hydrogen-bond donors (Lipinski definition) is 1. The summed E-state index contributed by atoms with van der Waals surface area (Å²) in [5.74, 6) is 0. The molecule has 1 unspecified atom stereocenters. The Kier molecular flexibility index (Phi) is 10.5. The lowest BCUT2D eigenvalue weighted by Crippen LogP contribution is -2.29. The van der Waals surface area contributed by atoms with Crippen LogP contribution in [0.1, 0.15) is 40.0 Å². The molecule has 2 nitrogen and oxygen atoms in total. The highest BCUT2D eigenvalue weighted by atomic mass is 16.5. The van der Waals surface area contributed by atoms with Crippen LogP contribution in [0.25, 0.3) is 0 Å². The van der Waals surface area contributed by atoms with Crippen LogP contribution in [0.15, 0.2) is 12.2 Å². The van der Waals surface area contributed by atoms with Crippen LogP contribution < -0.4 is 5.32 Å². The molecule has 1 atom stereocenters. The fraction of sp³-hybridized carbons (Fsp3) is 0.833. The molecule has 0 amide bonds. The molecule has 0 aromatic carbocycles. The first-order valence-electron chi connectivity index (χ1n) is 5.78. The van der Waals surface area contributed by atoms with Crippen LogP contribution >= 0.6 is 0 Å². The third-order valence-electron chi connectivity index (χ3n) is 2.07. The van der Waals surface area contributed by atoms with Crippen molar-refractivity contribution < 1.29 is 4.74 Å². The van der Waals surface area contributed by atoms with Gasteiger partial charge in [0.25, 0.3) is 0 Å². The zero-order chi connectivity index (χ0) is 10.6. The lowest BCUT2D eigenvalue weighted by molar-refractivity contribution is 0.0671. The van der Waals surface area contributed by atoms with Crippen molar-refractivity contribution in [3.63, 3.8) is 0 Å². The second-order valence-corrected chi connectivity index (χ2v) is 3.52. The van der Waals surface area contributed by atoms with Gasteiger partial charge in [0.1, 0.15) is 0 Å². The Morgan fingerprint density at radius 3 is 2.64 bits per heavy atom. The molecular weight excluding hydrogens is 174 g/mol. The van der Waals surface area contributed by atoms with Crippen LogP contribution in [0.2, 0.25) is 0 Å². The third kappa shape index (κ3) is 8.27. The molecule has 0 radical (unpaired) electrons. The largest absolute Gasteiger partial charge is 0.373 e. The van der Waals surface area contributed by atoms with E-state index in [0.717, 1.165) is 26.1 Å². The van der Waals surface area contributed by atoms with Crippen LogP contribution in [0.5, 0.6) is 0 Å². The molecule has 1 N–H and O–H groups in total. The summed E-state index contributed by atoms with van der Waals surface area (Å²) in [5.41, 5.74) is 0. The Balaban J connectivity index is 3.54. The van der Waals surface area contributed by atoms with Gasteiger partial charge in [0, 0.05) is 6.54 Å². The van der Waals surface area contributed by atoms with Gasteiger partial charge in [0.05, 0.1) is 12.7 Å². The van der Waals surface area contributed by atoms with E-state index in [-0.39, 0.29) is 0 Å². The normalized spacial score (nSPS) is 13.6. The summed E-state index contributed by atoms with van der Waals surface area (Å²) in [6, 6.07) is 0. The van der Waals surface area contributed by atoms with Gasteiger partial charge in [-0.2, -0.15) is 0 Å². The molecule has 14 heavy (non-hydrogen) atoms.